The Kier molecular flexibility index (Phi) is 5.83. The van der Waals surface area contributed by atoms with Crippen LogP contribution in [0.2, 0.25) is 0 Å². The van der Waals surface area contributed by atoms with Crippen LogP contribution < -0.4 is 10.6 Å². The first-order valence-corrected chi connectivity index (χ1v) is 7.24. The van der Waals surface area contributed by atoms with Crippen LogP contribution in [-0.4, -0.2) is 41.8 Å². The number of thiazole rings is 1. The molecule has 8 heteroatoms. The molecule has 0 aliphatic rings. The number of anilines is 1. The lowest BCUT2D eigenvalue weighted by Crippen LogP contribution is -2.40. The van der Waals surface area contributed by atoms with E-state index in [4.69, 9.17) is 0 Å². The summed E-state index contributed by atoms with van der Waals surface area (Å²) < 4.78 is 4.59. The molecule has 0 saturated carbocycles. The van der Waals surface area contributed by atoms with Crippen molar-refractivity contribution in [2.45, 2.75) is 39.8 Å². The summed E-state index contributed by atoms with van der Waals surface area (Å²) in [6, 6.07) is -0.514. The minimum absolute atomic E-state index is 0.0245. The highest BCUT2D eigenvalue weighted by Gasteiger charge is 2.23. The lowest BCUT2D eigenvalue weighted by atomic mass is 10.3. The van der Waals surface area contributed by atoms with E-state index in [0.717, 1.165) is 11.3 Å². The van der Waals surface area contributed by atoms with Gasteiger partial charge in [-0.25, -0.2) is 9.78 Å². The molecule has 0 fully saturated rings. The van der Waals surface area contributed by atoms with Crippen molar-refractivity contribution in [3.8, 4) is 0 Å². The molecular weight excluding hydrogens is 294 g/mol. The molecule has 1 aromatic heterocycles. The first-order chi connectivity index (χ1) is 9.76. The van der Waals surface area contributed by atoms with Gasteiger partial charge in [0.15, 0.2) is 16.6 Å². The van der Waals surface area contributed by atoms with E-state index in [0.29, 0.717) is 5.13 Å². The molecule has 2 N–H and O–H groups in total. The Labute approximate surface area is 127 Å². The Morgan fingerprint density at radius 2 is 1.86 bits per heavy atom. The van der Waals surface area contributed by atoms with Crippen molar-refractivity contribution in [2.75, 3.05) is 12.4 Å². The van der Waals surface area contributed by atoms with Crippen LogP contribution in [0.25, 0.3) is 0 Å². The van der Waals surface area contributed by atoms with Gasteiger partial charge in [0, 0.05) is 13.0 Å². The first-order valence-electron chi connectivity index (χ1n) is 6.43. The lowest BCUT2D eigenvalue weighted by Gasteiger charge is -2.15. The van der Waals surface area contributed by atoms with Gasteiger partial charge >= 0.3 is 5.97 Å². The molecule has 0 aromatic carbocycles. The zero-order chi connectivity index (χ0) is 16.2. The highest BCUT2D eigenvalue weighted by molar-refractivity contribution is 7.17. The number of nitrogens with zero attached hydrogens (tertiary/aromatic N) is 1. The molecule has 7 nitrogen and oxygen atoms in total. The molecule has 0 saturated heterocycles. The fourth-order valence-electron chi connectivity index (χ4n) is 1.52. The minimum atomic E-state index is -0.677. The highest BCUT2D eigenvalue weighted by atomic mass is 32.1. The maximum atomic E-state index is 11.8. The number of rotatable bonds is 6. The molecule has 0 spiro atoms. The van der Waals surface area contributed by atoms with E-state index in [1.165, 1.54) is 14.0 Å². The third kappa shape index (κ3) is 4.52. The predicted octanol–water partition coefficient (Wildman–Crippen LogP) is 1.46. The average Bonchev–Trinajstić information content (AvgIpc) is 2.81. The molecule has 21 heavy (non-hydrogen) atoms. The molecule has 1 aromatic rings. The second-order valence-corrected chi connectivity index (χ2v) is 5.77. The maximum absolute atomic E-state index is 11.8. The Hall–Kier alpha value is -1.96. The van der Waals surface area contributed by atoms with Gasteiger partial charge in [0.05, 0.1) is 7.11 Å². The smallest absolute Gasteiger partial charge is 0.358 e. The van der Waals surface area contributed by atoms with Crippen LogP contribution in [0.15, 0.2) is 0 Å². The van der Waals surface area contributed by atoms with Gasteiger partial charge in [-0.05, 0) is 20.8 Å². The van der Waals surface area contributed by atoms with Crippen LogP contribution in [0.1, 0.15) is 47.9 Å². The molecule has 1 atom stereocenters. The van der Waals surface area contributed by atoms with Crippen molar-refractivity contribution < 1.29 is 19.1 Å². The number of amides is 1. The van der Waals surface area contributed by atoms with Crippen molar-refractivity contribution in [1.29, 1.82) is 0 Å². The summed E-state index contributed by atoms with van der Waals surface area (Å²) in [7, 11) is 1.22. The number of methoxy groups -OCH3 is 1. The topological polar surface area (TPSA) is 97.4 Å². The monoisotopic (exact) mass is 313 g/mol. The van der Waals surface area contributed by atoms with Gasteiger partial charge < -0.3 is 15.4 Å². The van der Waals surface area contributed by atoms with Gasteiger partial charge in [0.2, 0.25) is 5.91 Å². The molecule has 0 aliphatic carbocycles. The summed E-state index contributed by atoms with van der Waals surface area (Å²) in [6.45, 7) is 6.73. The van der Waals surface area contributed by atoms with E-state index >= 15 is 0 Å². The number of hydrogen-bond acceptors (Lipinski definition) is 7. The van der Waals surface area contributed by atoms with E-state index in [1.54, 1.807) is 6.92 Å². The van der Waals surface area contributed by atoms with Crippen LogP contribution in [0, 0.1) is 0 Å². The second kappa shape index (κ2) is 7.16. The Bertz CT molecular complexity index is 554. The number of aromatic nitrogens is 1. The molecular formula is C13H19N3O4S. The van der Waals surface area contributed by atoms with Crippen molar-refractivity contribution in [3.05, 3.63) is 10.6 Å². The van der Waals surface area contributed by atoms with E-state index in [2.05, 4.69) is 20.4 Å². The Balaban J connectivity index is 2.92. The number of Topliss-reactive ketones (excluding diaryl/α,β-unsaturated/α-hetero) is 1. The van der Waals surface area contributed by atoms with Gasteiger partial charge in [0.1, 0.15) is 10.9 Å². The second-order valence-electron chi connectivity index (χ2n) is 4.77. The molecule has 0 aliphatic heterocycles. The zero-order valence-electron chi connectivity index (χ0n) is 12.6. The maximum Gasteiger partial charge on any atom is 0.358 e. The number of carbonyl (C=O) groups excluding carboxylic acids is 3. The zero-order valence-corrected chi connectivity index (χ0v) is 13.5. The highest BCUT2D eigenvalue weighted by Crippen LogP contribution is 2.24. The van der Waals surface area contributed by atoms with Gasteiger partial charge in [-0.1, -0.05) is 11.3 Å². The standard InChI is InChI=1S/C13H19N3O4S/c1-6(2)14-11(18)7(3)15-13-16-9(12(19)20-5)10(21-13)8(4)17/h6-7H,1-5H3,(H,14,18)(H,15,16). The molecule has 1 rings (SSSR count). The number of ketones is 1. The van der Waals surface area contributed by atoms with E-state index in [1.807, 2.05) is 13.8 Å². The van der Waals surface area contributed by atoms with Gasteiger partial charge in [-0.2, -0.15) is 0 Å². The number of esters is 1. The SMILES string of the molecule is COC(=O)c1nc(NC(C)C(=O)NC(C)C)sc1C(C)=O. The predicted molar refractivity (Wildman–Crippen MR) is 79.8 cm³/mol. The first kappa shape index (κ1) is 17.1. The summed E-state index contributed by atoms with van der Waals surface area (Å²) in [5.74, 6) is -1.15. The van der Waals surface area contributed by atoms with Crippen LogP contribution in [0.3, 0.4) is 0 Å². The lowest BCUT2D eigenvalue weighted by molar-refractivity contribution is -0.122. The van der Waals surface area contributed by atoms with Crippen molar-refractivity contribution >= 4 is 34.1 Å². The van der Waals surface area contributed by atoms with E-state index < -0.39 is 12.0 Å². The van der Waals surface area contributed by atoms with Crippen LogP contribution in [-0.2, 0) is 9.53 Å². The van der Waals surface area contributed by atoms with Crippen molar-refractivity contribution in [2.24, 2.45) is 0 Å². The van der Waals surface area contributed by atoms with E-state index in [9.17, 15) is 14.4 Å². The normalized spacial score (nSPS) is 11.9. The number of ether oxygens (including phenoxy) is 1. The van der Waals surface area contributed by atoms with Crippen molar-refractivity contribution in [3.63, 3.8) is 0 Å². The molecule has 1 amide bonds. The van der Waals surface area contributed by atoms with Gasteiger partial charge in [-0.3, -0.25) is 9.59 Å². The quantitative estimate of drug-likeness (QED) is 0.609. The number of nitrogens with one attached hydrogen (secondary N) is 2. The fraction of sp³-hybridized carbons (Fsp3) is 0.538. The van der Waals surface area contributed by atoms with Gasteiger partial charge in [-0.15, -0.1) is 0 Å². The van der Waals surface area contributed by atoms with Crippen LogP contribution in [0.5, 0.6) is 0 Å². The summed E-state index contributed by atoms with van der Waals surface area (Å²) in [4.78, 5) is 39.2. The molecule has 116 valence electrons. The molecule has 1 heterocycles. The third-order valence-corrected chi connectivity index (χ3v) is 3.58. The number of carbonyl (C=O) groups is 3. The molecule has 1 unspecified atom stereocenters. The Morgan fingerprint density at radius 1 is 1.24 bits per heavy atom. The minimum Gasteiger partial charge on any atom is -0.464 e. The molecule has 0 radical (unpaired) electrons. The summed E-state index contributed by atoms with van der Waals surface area (Å²) in [5, 5.41) is 5.96. The average molecular weight is 313 g/mol. The van der Waals surface area contributed by atoms with Gasteiger partial charge in [0.25, 0.3) is 0 Å². The van der Waals surface area contributed by atoms with E-state index in [-0.39, 0.29) is 28.3 Å². The summed E-state index contributed by atoms with van der Waals surface area (Å²) in [6.07, 6.45) is 0. The Morgan fingerprint density at radius 3 is 2.33 bits per heavy atom. The van der Waals surface area contributed by atoms with Crippen LogP contribution in [0.4, 0.5) is 5.13 Å². The summed E-state index contributed by atoms with van der Waals surface area (Å²) in [5.41, 5.74) is -0.0334. The molecule has 0 bridgehead atoms. The van der Waals surface area contributed by atoms with Crippen molar-refractivity contribution in [1.82, 2.24) is 10.3 Å². The van der Waals surface area contributed by atoms with Crippen LogP contribution >= 0.6 is 11.3 Å². The largest absolute Gasteiger partial charge is 0.464 e. The summed E-state index contributed by atoms with van der Waals surface area (Å²) >= 11 is 1.02. The third-order valence-electron chi connectivity index (χ3n) is 2.49. The number of hydrogen-bond donors (Lipinski definition) is 2. The fourth-order valence-corrected chi connectivity index (χ4v) is 2.45.